The molecule has 0 radical (unpaired) electrons. The van der Waals surface area contributed by atoms with Crippen molar-refractivity contribution in [2.24, 2.45) is 0 Å². The van der Waals surface area contributed by atoms with Gasteiger partial charge in [-0.1, -0.05) is 17.7 Å². The van der Waals surface area contributed by atoms with Gasteiger partial charge in [-0.05, 0) is 30.7 Å². The van der Waals surface area contributed by atoms with Gasteiger partial charge in [0.05, 0.1) is 6.54 Å². The summed E-state index contributed by atoms with van der Waals surface area (Å²) in [4.78, 5) is 16.4. The number of hydrogen-bond donors (Lipinski definition) is 1. The average molecular weight is 503 g/mol. The van der Waals surface area contributed by atoms with Gasteiger partial charge in [-0.2, -0.15) is 32.1 Å². The fourth-order valence-electron chi connectivity index (χ4n) is 3.10. The zero-order chi connectivity index (χ0) is 24.8. The van der Waals surface area contributed by atoms with Crippen LogP contribution in [0.2, 0.25) is 5.02 Å². The molecule has 0 aliphatic rings. The van der Waals surface area contributed by atoms with Crippen molar-refractivity contribution in [3.63, 3.8) is 0 Å². The molecule has 7 nitrogen and oxygen atoms in total. The lowest BCUT2D eigenvalue weighted by molar-refractivity contribution is -0.291. The number of nitrogens with one attached hydrogen (secondary N) is 1. The first-order valence-electron chi connectivity index (χ1n) is 9.46. The lowest BCUT2D eigenvalue weighted by Gasteiger charge is -2.20. The molecule has 0 saturated heterocycles. The Morgan fingerprint density at radius 1 is 1.09 bits per heavy atom. The largest absolute Gasteiger partial charge is 0.459 e. The second-order valence-corrected chi connectivity index (χ2v) is 7.65. The van der Waals surface area contributed by atoms with Crippen molar-refractivity contribution in [3.05, 3.63) is 76.1 Å². The highest BCUT2D eigenvalue weighted by Gasteiger charge is 2.60. The van der Waals surface area contributed by atoms with E-state index in [1.807, 2.05) is 0 Å². The topological polar surface area (TPSA) is 77.1 Å². The first-order valence-corrected chi connectivity index (χ1v) is 9.84. The smallest absolute Gasteiger partial charge is 0.304 e. The van der Waals surface area contributed by atoms with E-state index in [1.54, 1.807) is 0 Å². The number of carbonyl (C=O) groups excluding carboxylic acids is 1. The third-order valence-corrected chi connectivity index (χ3v) is 5.05. The molecule has 1 N–H and O–H groups in total. The monoisotopic (exact) mass is 502 g/mol. The molecular formula is C20H13ClF6N6O. The van der Waals surface area contributed by atoms with Crippen molar-refractivity contribution in [3.8, 4) is 0 Å². The molecule has 0 bridgehead atoms. The molecule has 3 heterocycles. The Bertz CT molecular complexity index is 1400. The number of aromatic nitrogens is 5. The number of amides is 1. The van der Waals surface area contributed by atoms with E-state index in [1.165, 1.54) is 36.0 Å². The van der Waals surface area contributed by atoms with Crippen LogP contribution in [-0.4, -0.2) is 36.5 Å². The van der Waals surface area contributed by atoms with Crippen LogP contribution in [0.15, 0.2) is 42.6 Å². The highest BCUT2D eigenvalue weighted by Crippen LogP contribution is 2.43. The van der Waals surface area contributed by atoms with Crippen LogP contribution in [0.4, 0.5) is 32.2 Å². The standard InChI is InChI=1S/C20H13ClF6N6O/c1-10-6-15(19(23,24)20(25,26)27)33-17(28-10)8-14(30-33)18(34)29-16-4-5-32(31-16)9-11-2-3-12(22)7-13(11)21/h2-8H,9H2,1H3,(H,29,31,34). The van der Waals surface area contributed by atoms with Gasteiger partial charge in [0.25, 0.3) is 5.91 Å². The summed E-state index contributed by atoms with van der Waals surface area (Å²) in [5, 5.41) is 10.3. The number of alkyl halides is 5. The summed E-state index contributed by atoms with van der Waals surface area (Å²) >= 11 is 5.98. The summed E-state index contributed by atoms with van der Waals surface area (Å²) in [7, 11) is 0. The number of anilines is 1. The third kappa shape index (κ3) is 4.42. The molecule has 14 heteroatoms. The van der Waals surface area contributed by atoms with E-state index in [2.05, 4.69) is 20.5 Å². The van der Waals surface area contributed by atoms with E-state index in [0.29, 0.717) is 11.6 Å². The Hall–Kier alpha value is -3.61. The first-order chi connectivity index (χ1) is 15.8. The van der Waals surface area contributed by atoms with Crippen molar-refractivity contribution in [1.82, 2.24) is 24.4 Å². The normalized spacial score (nSPS) is 12.4. The number of carbonyl (C=O) groups is 1. The molecule has 0 aliphatic heterocycles. The Labute approximate surface area is 192 Å². The predicted octanol–water partition coefficient (Wildman–Crippen LogP) is 4.98. The Kier molecular flexibility index (Phi) is 5.75. The minimum Gasteiger partial charge on any atom is -0.304 e. The van der Waals surface area contributed by atoms with Gasteiger partial charge in [0.1, 0.15) is 11.5 Å². The van der Waals surface area contributed by atoms with Crippen LogP contribution in [0, 0.1) is 12.7 Å². The van der Waals surface area contributed by atoms with Crippen LogP contribution < -0.4 is 5.32 Å². The summed E-state index contributed by atoms with van der Waals surface area (Å²) in [6, 6.07) is 6.78. The van der Waals surface area contributed by atoms with Crippen LogP contribution in [-0.2, 0) is 12.5 Å². The minimum atomic E-state index is -5.87. The molecule has 1 amide bonds. The molecule has 0 fully saturated rings. The van der Waals surface area contributed by atoms with Crippen LogP contribution in [0.5, 0.6) is 0 Å². The molecule has 4 rings (SSSR count). The molecule has 4 aromatic rings. The molecule has 1 aromatic carbocycles. The Morgan fingerprint density at radius 3 is 2.50 bits per heavy atom. The summed E-state index contributed by atoms with van der Waals surface area (Å²) in [6.07, 6.45) is -4.38. The maximum atomic E-state index is 14.0. The third-order valence-electron chi connectivity index (χ3n) is 4.70. The van der Waals surface area contributed by atoms with E-state index < -0.39 is 35.2 Å². The molecule has 34 heavy (non-hydrogen) atoms. The maximum Gasteiger partial charge on any atom is 0.459 e. The van der Waals surface area contributed by atoms with Crippen LogP contribution >= 0.6 is 11.6 Å². The number of aryl methyl sites for hydroxylation is 1. The van der Waals surface area contributed by atoms with Crippen molar-refractivity contribution in [1.29, 1.82) is 0 Å². The number of rotatable bonds is 5. The highest BCUT2D eigenvalue weighted by atomic mass is 35.5. The second kappa shape index (κ2) is 8.31. The van der Waals surface area contributed by atoms with E-state index in [9.17, 15) is 31.1 Å². The highest BCUT2D eigenvalue weighted by molar-refractivity contribution is 6.31. The van der Waals surface area contributed by atoms with Gasteiger partial charge in [0.2, 0.25) is 0 Å². The molecule has 3 aromatic heterocycles. The SMILES string of the molecule is Cc1cc(C(F)(F)C(F)(F)F)n2nc(C(=O)Nc3ccn(Cc4ccc(F)cc4Cl)n3)cc2n1. The first kappa shape index (κ1) is 23.5. The average Bonchev–Trinajstić information content (AvgIpc) is 3.35. The molecule has 0 spiro atoms. The van der Waals surface area contributed by atoms with Gasteiger partial charge in [0.15, 0.2) is 17.2 Å². The molecule has 0 unspecified atom stereocenters. The van der Waals surface area contributed by atoms with E-state index in [0.717, 1.165) is 12.1 Å². The van der Waals surface area contributed by atoms with E-state index in [4.69, 9.17) is 11.6 Å². The van der Waals surface area contributed by atoms with Crippen molar-refractivity contribution < 1.29 is 31.1 Å². The van der Waals surface area contributed by atoms with Gasteiger partial charge in [-0.15, -0.1) is 0 Å². The number of fused-ring (bicyclic) bond motifs is 1. The van der Waals surface area contributed by atoms with Crippen LogP contribution in [0.3, 0.4) is 0 Å². The van der Waals surface area contributed by atoms with Gasteiger partial charge < -0.3 is 5.32 Å². The Balaban J connectivity index is 1.58. The lowest BCUT2D eigenvalue weighted by atomic mass is 10.2. The van der Waals surface area contributed by atoms with Gasteiger partial charge >= 0.3 is 12.1 Å². The molecule has 0 saturated carbocycles. The number of benzene rings is 1. The zero-order valence-electron chi connectivity index (χ0n) is 17.0. The Morgan fingerprint density at radius 2 is 1.82 bits per heavy atom. The number of nitrogens with zero attached hydrogens (tertiary/aromatic N) is 5. The quantitative estimate of drug-likeness (QED) is 0.390. The van der Waals surface area contributed by atoms with Gasteiger partial charge in [-0.25, -0.2) is 13.9 Å². The lowest BCUT2D eigenvalue weighted by Crippen LogP contribution is -2.36. The fourth-order valence-corrected chi connectivity index (χ4v) is 3.33. The van der Waals surface area contributed by atoms with Gasteiger partial charge in [0, 0.05) is 29.0 Å². The summed E-state index contributed by atoms with van der Waals surface area (Å²) in [5.74, 6) is -6.59. The zero-order valence-corrected chi connectivity index (χ0v) is 17.8. The molecule has 178 valence electrons. The molecule has 0 aliphatic carbocycles. The predicted molar refractivity (Wildman–Crippen MR) is 108 cm³/mol. The number of halogens is 7. The molecular weight excluding hydrogens is 490 g/mol. The summed E-state index contributed by atoms with van der Waals surface area (Å²) in [5.41, 5.74) is -1.84. The van der Waals surface area contributed by atoms with Crippen LogP contribution in [0.1, 0.15) is 27.4 Å². The minimum absolute atomic E-state index is 0.0466. The summed E-state index contributed by atoms with van der Waals surface area (Å²) in [6.45, 7) is 1.39. The molecule has 0 atom stereocenters. The van der Waals surface area contributed by atoms with E-state index >= 15 is 0 Å². The maximum absolute atomic E-state index is 14.0. The van der Waals surface area contributed by atoms with Crippen LogP contribution in [0.25, 0.3) is 5.65 Å². The van der Waals surface area contributed by atoms with Crippen molar-refractivity contribution in [2.45, 2.75) is 25.6 Å². The number of hydrogen-bond acceptors (Lipinski definition) is 4. The van der Waals surface area contributed by atoms with Gasteiger partial charge in [-0.3, -0.25) is 9.48 Å². The van der Waals surface area contributed by atoms with E-state index in [-0.39, 0.29) is 33.2 Å². The summed E-state index contributed by atoms with van der Waals surface area (Å²) < 4.78 is 81.6. The van der Waals surface area contributed by atoms with Crippen molar-refractivity contribution in [2.75, 3.05) is 5.32 Å². The fraction of sp³-hybridized carbons (Fsp3) is 0.200. The van der Waals surface area contributed by atoms with Crippen molar-refractivity contribution >= 4 is 29.0 Å². The second-order valence-electron chi connectivity index (χ2n) is 7.24.